The van der Waals surface area contributed by atoms with Crippen LogP contribution in [0.2, 0.25) is 0 Å². The molecule has 0 amide bonds. The fourth-order valence-corrected chi connectivity index (χ4v) is 2.40. The molecule has 3 nitrogen and oxygen atoms in total. The second kappa shape index (κ2) is 6.42. The maximum absolute atomic E-state index is 8.91. The first-order chi connectivity index (χ1) is 8.79. The zero-order valence-corrected chi connectivity index (χ0v) is 10.9. The van der Waals surface area contributed by atoms with E-state index in [9.17, 15) is 0 Å². The van der Waals surface area contributed by atoms with Crippen molar-refractivity contribution in [2.24, 2.45) is 0 Å². The summed E-state index contributed by atoms with van der Waals surface area (Å²) in [4.78, 5) is 2.37. The Balaban J connectivity index is 1.91. The van der Waals surface area contributed by atoms with E-state index in [0.29, 0.717) is 13.0 Å². The highest BCUT2D eigenvalue weighted by Gasteiger charge is 2.22. The molecule has 18 heavy (non-hydrogen) atoms. The van der Waals surface area contributed by atoms with Crippen molar-refractivity contribution < 1.29 is 4.74 Å². The summed E-state index contributed by atoms with van der Waals surface area (Å²) >= 11 is 0. The van der Waals surface area contributed by atoms with Crippen LogP contribution in [0.3, 0.4) is 0 Å². The molecule has 0 N–H and O–H groups in total. The highest BCUT2D eigenvalue weighted by molar-refractivity contribution is 5.27. The third-order valence-electron chi connectivity index (χ3n) is 3.42. The zero-order chi connectivity index (χ0) is 12.8. The summed E-state index contributed by atoms with van der Waals surface area (Å²) in [5.41, 5.74) is 1.20. The van der Waals surface area contributed by atoms with E-state index in [2.05, 4.69) is 24.0 Å². The second-order valence-electron chi connectivity index (χ2n) is 4.89. The molecule has 1 aromatic rings. The Morgan fingerprint density at radius 3 is 2.83 bits per heavy atom. The van der Waals surface area contributed by atoms with Crippen LogP contribution >= 0.6 is 0 Å². The minimum Gasteiger partial charge on any atom is -0.492 e. The van der Waals surface area contributed by atoms with Crippen LogP contribution in [0.4, 0.5) is 0 Å². The molecule has 0 radical (unpaired) electrons. The third kappa shape index (κ3) is 3.48. The van der Waals surface area contributed by atoms with E-state index in [0.717, 1.165) is 18.8 Å². The van der Waals surface area contributed by atoms with Gasteiger partial charge in [-0.2, -0.15) is 5.26 Å². The van der Waals surface area contributed by atoms with Gasteiger partial charge in [-0.15, -0.1) is 0 Å². The molecule has 96 valence electrons. The lowest BCUT2D eigenvalue weighted by atomic mass is 10.2. The van der Waals surface area contributed by atoms with E-state index < -0.39 is 0 Å². The summed E-state index contributed by atoms with van der Waals surface area (Å²) in [6.07, 6.45) is 3.03. The van der Waals surface area contributed by atoms with Gasteiger partial charge in [0.25, 0.3) is 0 Å². The Morgan fingerprint density at radius 2 is 2.17 bits per heavy atom. The number of ether oxygens (including phenoxy) is 1. The van der Waals surface area contributed by atoms with E-state index in [1.165, 1.54) is 18.4 Å². The van der Waals surface area contributed by atoms with Gasteiger partial charge in [0.05, 0.1) is 18.5 Å². The van der Waals surface area contributed by atoms with E-state index >= 15 is 0 Å². The molecule has 0 aliphatic carbocycles. The molecule has 0 bridgehead atoms. The molecule has 1 heterocycles. The predicted octanol–water partition coefficient (Wildman–Crippen LogP) is 2.75. The van der Waals surface area contributed by atoms with Gasteiger partial charge >= 0.3 is 0 Å². The summed E-state index contributed by atoms with van der Waals surface area (Å²) in [6, 6.07) is 10.6. The van der Waals surface area contributed by atoms with Crippen molar-refractivity contribution in [1.82, 2.24) is 4.90 Å². The molecule has 0 saturated carbocycles. The van der Waals surface area contributed by atoms with Crippen LogP contribution in [0.5, 0.6) is 5.75 Å². The highest BCUT2D eigenvalue weighted by Crippen LogP contribution is 2.17. The first-order valence-corrected chi connectivity index (χ1v) is 6.60. The van der Waals surface area contributed by atoms with Crippen molar-refractivity contribution in [2.75, 3.05) is 19.7 Å². The monoisotopic (exact) mass is 244 g/mol. The topological polar surface area (TPSA) is 36.3 Å². The van der Waals surface area contributed by atoms with Gasteiger partial charge in [0.2, 0.25) is 0 Å². The van der Waals surface area contributed by atoms with Gasteiger partial charge in [-0.05, 0) is 50.6 Å². The fraction of sp³-hybridized carbons (Fsp3) is 0.533. The smallest absolute Gasteiger partial charge is 0.119 e. The van der Waals surface area contributed by atoms with Crippen LogP contribution < -0.4 is 4.74 Å². The lowest BCUT2D eigenvalue weighted by Crippen LogP contribution is -2.37. The zero-order valence-electron chi connectivity index (χ0n) is 10.9. The number of aryl methyl sites for hydroxylation is 1. The van der Waals surface area contributed by atoms with Crippen molar-refractivity contribution >= 4 is 0 Å². The number of hydrogen-bond donors (Lipinski definition) is 0. The van der Waals surface area contributed by atoms with Gasteiger partial charge in [0, 0.05) is 0 Å². The van der Waals surface area contributed by atoms with Crippen LogP contribution in [0.25, 0.3) is 0 Å². The summed E-state index contributed by atoms with van der Waals surface area (Å²) in [6.45, 7) is 4.87. The van der Waals surface area contributed by atoms with Gasteiger partial charge in [-0.3, -0.25) is 4.90 Å². The highest BCUT2D eigenvalue weighted by atomic mass is 16.5. The summed E-state index contributed by atoms with van der Waals surface area (Å²) in [5.74, 6) is 0.900. The van der Waals surface area contributed by atoms with Gasteiger partial charge in [0.1, 0.15) is 12.4 Å². The SMILES string of the molecule is Cc1cccc(OCC(CC#N)N2CCCC2)c1. The molecular weight excluding hydrogens is 224 g/mol. The van der Waals surface area contributed by atoms with E-state index in [1.807, 2.05) is 18.2 Å². The molecule has 0 spiro atoms. The van der Waals surface area contributed by atoms with E-state index in [4.69, 9.17) is 10.00 Å². The van der Waals surface area contributed by atoms with Crippen LogP contribution in [0.15, 0.2) is 24.3 Å². The molecule has 3 heteroatoms. The molecule has 2 rings (SSSR count). The Hall–Kier alpha value is -1.53. The van der Waals surface area contributed by atoms with E-state index in [-0.39, 0.29) is 6.04 Å². The maximum Gasteiger partial charge on any atom is 0.119 e. The minimum atomic E-state index is 0.234. The predicted molar refractivity (Wildman–Crippen MR) is 71.5 cm³/mol. The number of likely N-dealkylation sites (tertiary alicyclic amines) is 1. The summed E-state index contributed by atoms with van der Waals surface area (Å²) in [5, 5.41) is 8.91. The van der Waals surface area contributed by atoms with Crippen LogP contribution in [0.1, 0.15) is 24.8 Å². The van der Waals surface area contributed by atoms with Gasteiger partial charge in [0.15, 0.2) is 0 Å². The first kappa shape index (κ1) is 12.9. The largest absolute Gasteiger partial charge is 0.492 e. The molecule has 1 aliphatic rings. The Labute approximate surface area is 109 Å². The lowest BCUT2D eigenvalue weighted by molar-refractivity contribution is 0.162. The van der Waals surface area contributed by atoms with Crippen LogP contribution in [-0.4, -0.2) is 30.6 Å². The van der Waals surface area contributed by atoms with Crippen LogP contribution in [-0.2, 0) is 0 Å². The molecule has 1 atom stereocenters. The van der Waals surface area contributed by atoms with Crippen molar-refractivity contribution in [3.8, 4) is 11.8 Å². The number of nitriles is 1. The molecule has 1 saturated heterocycles. The lowest BCUT2D eigenvalue weighted by Gasteiger charge is -2.25. The Bertz CT molecular complexity index is 419. The molecule has 1 aromatic carbocycles. The standard InChI is InChI=1S/C15H20N2O/c1-13-5-4-6-15(11-13)18-12-14(7-8-16)17-9-2-3-10-17/h4-6,11,14H,2-3,7,9-10,12H2,1H3. The number of rotatable bonds is 5. The van der Waals surface area contributed by atoms with E-state index in [1.54, 1.807) is 0 Å². The number of benzene rings is 1. The fourth-order valence-electron chi connectivity index (χ4n) is 2.40. The van der Waals surface area contributed by atoms with Crippen molar-refractivity contribution in [2.45, 2.75) is 32.2 Å². The van der Waals surface area contributed by atoms with Crippen molar-refractivity contribution in [1.29, 1.82) is 5.26 Å². The average molecular weight is 244 g/mol. The van der Waals surface area contributed by atoms with Gasteiger partial charge in [-0.25, -0.2) is 0 Å². The minimum absolute atomic E-state index is 0.234. The first-order valence-electron chi connectivity index (χ1n) is 6.60. The van der Waals surface area contributed by atoms with Gasteiger partial charge in [-0.1, -0.05) is 12.1 Å². The summed E-state index contributed by atoms with van der Waals surface area (Å²) in [7, 11) is 0. The number of hydrogen-bond acceptors (Lipinski definition) is 3. The number of nitrogens with zero attached hydrogens (tertiary/aromatic N) is 2. The van der Waals surface area contributed by atoms with Crippen molar-refractivity contribution in [3.05, 3.63) is 29.8 Å². The van der Waals surface area contributed by atoms with Crippen molar-refractivity contribution in [3.63, 3.8) is 0 Å². The molecule has 1 aliphatic heterocycles. The summed E-state index contributed by atoms with van der Waals surface area (Å²) < 4.78 is 5.82. The van der Waals surface area contributed by atoms with Gasteiger partial charge < -0.3 is 4.74 Å². The quantitative estimate of drug-likeness (QED) is 0.799. The molecular formula is C15H20N2O. The average Bonchev–Trinajstić information content (AvgIpc) is 2.88. The molecule has 1 unspecified atom stereocenters. The Morgan fingerprint density at radius 1 is 1.39 bits per heavy atom. The molecule has 0 aromatic heterocycles. The second-order valence-corrected chi connectivity index (χ2v) is 4.89. The molecule has 1 fully saturated rings. The van der Waals surface area contributed by atoms with Crippen LogP contribution in [0, 0.1) is 18.3 Å². The maximum atomic E-state index is 8.91. The Kier molecular flexibility index (Phi) is 4.60. The normalized spacial score (nSPS) is 17.3. The third-order valence-corrected chi connectivity index (χ3v) is 3.42.